The lowest BCUT2D eigenvalue weighted by atomic mass is 9.93. The van der Waals surface area contributed by atoms with Crippen LogP contribution in [0, 0.1) is 11.3 Å². The molecule has 0 saturated carbocycles. The van der Waals surface area contributed by atoms with Crippen LogP contribution in [0.2, 0.25) is 0 Å². The average Bonchev–Trinajstić information content (AvgIpc) is 2.76. The third-order valence-electron chi connectivity index (χ3n) is 3.71. The quantitative estimate of drug-likeness (QED) is 0.642. The van der Waals surface area contributed by atoms with Gasteiger partial charge in [-0.3, -0.25) is 4.90 Å². The lowest BCUT2D eigenvalue weighted by Crippen LogP contribution is -2.46. The summed E-state index contributed by atoms with van der Waals surface area (Å²) < 4.78 is 2.33. The normalized spacial score (nSPS) is 30.3. The predicted molar refractivity (Wildman–Crippen MR) is 57.1 cm³/mol. The second kappa shape index (κ2) is 3.39. The zero-order chi connectivity index (χ0) is 10.3. The monoisotopic (exact) mass is 201 g/mol. The lowest BCUT2D eigenvalue weighted by molar-refractivity contribution is 0.0832. The Morgan fingerprint density at radius 3 is 3.13 bits per heavy atom. The Kier molecular flexibility index (Phi) is 2.03. The second-order valence-corrected chi connectivity index (χ2v) is 4.46. The van der Waals surface area contributed by atoms with Crippen molar-refractivity contribution < 1.29 is 0 Å². The Morgan fingerprint density at radius 2 is 2.27 bits per heavy atom. The fraction of sp³-hybridized carbons (Fsp3) is 0.583. The lowest BCUT2D eigenvalue weighted by Gasteiger charge is -2.42. The van der Waals surface area contributed by atoms with Gasteiger partial charge in [-0.1, -0.05) is 0 Å². The van der Waals surface area contributed by atoms with Crippen LogP contribution < -0.4 is 0 Å². The molecule has 1 aromatic heterocycles. The zero-order valence-corrected chi connectivity index (χ0v) is 8.76. The summed E-state index contributed by atoms with van der Waals surface area (Å²) in [4.78, 5) is 2.39. The number of nitriles is 1. The van der Waals surface area contributed by atoms with Gasteiger partial charge in [0, 0.05) is 25.0 Å². The van der Waals surface area contributed by atoms with Gasteiger partial charge in [-0.05, 0) is 31.4 Å². The topological polar surface area (TPSA) is 32.0 Å². The van der Waals surface area contributed by atoms with E-state index >= 15 is 0 Å². The van der Waals surface area contributed by atoms with Gasteiger partial charge in [-0.2, -0.15) is 5.26 Å². The zero-order valence-electron chi connectivity index (χ0n) is 8.76. The van der Waals surface area contributed by atoms with Gasteiger partial charge in [-0.15, -0.1) is 0 Å². The van der Waals surface area contributed by atoms with Crippen LogP contribution in [0.1, 0.15) is 31.0 Å². The third kappa shape index (κ3) is 1.29. The van der Waals surface area contributed by atoms with Gasteiger partial charge < -0.3 is 4.57 Å². The molecule has 1 aromatic rings. The highest BCUT2D eigenvalue weighted by Gasteiger charge is 2.35. The summed E-state index contributed by atoms with van der Waals surface area (Å²) in [5.41, 5.74) is 1.40. The van der Waals surface area contributed by atoms with Crippen LogP contribution in [0.4, 0.5) is 0 Å². The molecule has 2 aliphatic rings. The first kappa shape index (κ1) is 8.99. The maximum Gasteiger partial charge on any atom is 0.0984 e. The second-order valence-electron chi connectivity index (χ2n) is 4.46. The molecule has 0 unspecified atom stereocenters. The SMILES string of the molecule is N#C[C@@H]1CCC[C@@H]2c3cccn3CCN12. The van der Waals surface area contributed by atoms with Crippen LogP contribution in [0.5, 0.6) is 0 Å². The molecule has 0 N–H and O–H groups in total. The van der Waals surface area contributed by atoms with Crippen LogP contribution in [0.25, 0.3) is 0 Å². The van der Waals surface area contributed by atoms with Crippen molar-refractivity contribution in [3.05, 3.63) is 24.0 Å². The molecule has 15 heavy (non-hydrogen) atoms. The highest BCUT2D eigenvalue weighted by Crippen LogP contribution is 2.36. The fourth-order valence-electron chi connectivity index (χ4n) is 2.98. The number of hydrogen-bond donors (Lipinski definition) is 0. The van der Waals surface area contributed by atoms with E-state index in [0.29, 0.717) is 6.04 Å². The van der Waals surface area contributed by atoms with E-state index in [1.54, 1.807) is 0 Å². The first-order chi connectivity index (χ1) is 7.40. The van der Waals surface area contributed by atoms with Crippen LogP contribution >= 0.6 is 0 Å². The van der Waals surface area contributed by atoms with E-state index in [1.165, 1.54) is 18.5 Å². The van der Waals surface area contributed by atoms with E-state index < -0.39 is 0 Å². The molecule has 0 bridgehead atoms. The van der Waals surface area contributed by atoms with Crippen LogP contribution in [0.15, 0.2) is 18.3 Å². The molecule has 3 heteroatoms. The van der Waals surface area contributed by atoms with Crippen LogP contribution in [-0.2, 0) is 6.54 Å². The Balaban J connectivity index is 1.96. The van der Waals surface area contributed by atoms with Gasteiger partial charge in [-0.25, -0.2) is 0 Å². The van der Waals surface area contributed by atoms with Crippen molar-refractivity contribution in [3.63, 3.8) is 0 Å². The van der Waals surface area contributed by atoms with Gasteiger partial charge in [0.2, 0.25) is 0 Å². The van der Waals surface area contributed by atoms with E-state index in [0.717, 1.165) is 19.5 Å². The van der Waals surface area contributed by atoms with E-state index in [2.05, 4.69) is 33.9 Å². The molecule has 3 heterocycles. The molecule has 0 spiro atoms. The van der Waals surface area contributed by atoms with E-state index in [-0.39, 0.29) is 6.04 Å². The maximum absolute atomic E-state index is 9.13. The summed E-state index contributed by atoms with van der Waals surface area (Å²) in [6, 6.07) is 7.41. The van der Waals surface area contributed by atoms with Gasteiger partial charge in [0.15, 0.2) is 0 Å². The molecule has 1 saturated heterocycles. The molecular formula is C12H15N3. The van der Waals surface area contributed by atoms with Crippen molar-refractivity contribution in [1.82, 2.24) is 9.47 Å². The molecule has 0 aromatic carbocycles. The molecule has 2 atom stereocenters. The Hall–Kier alpha value is -1.27. The molecule has 78 valence electrons. The van der Waals surface area contributed by atoms with E-state index in [4.69, 9.17) is 5.26 Å². The smallest absolute Gasteiger partial charge is 0.0984 e. The largest absolute Gasteiger partial charge is 0.349 e. The maximum atomic E-state index is 9.13. The van der Waals surface area contributed by atoms with Crippen molar-refractivity contribution in [1.29, 1.82) is 5.26 Å². The molecule has 1 fully saturated rings. The Bertz CT molecular complexity index is 401. The Labute approximate surface area is 89.9 Å². The van der Waals surface area contributed by atoms with Crippen LogP contribution in [0.3, 0.4) is 0 Å². The standard InChI is InChI=1S/C12H15N3/c13-9-10-3-1-4-12-11-5-2-6-14(11)7-8-15(10)12/h2,5-6,10,12H,1,3-4,7-8H2/t10-,12+/m0/s1. The van der Waals surface area contributed by atoms with Crippen LogP contribution in [-0.4, -0.2) is 22.1 Å². The summed E-state index contributed by atoms with van der Waals surface area (Å²) >= 11 is 0. The summed E-state index contributed by atoms with van der Waals surface area (Å²) in [7, 11) is 0. The molecular weight excluding hydrogens is 186 g/mol. The van der Waals surface area contributed by atoms with Gasteiger partial charge in [0.05, 0.1) is 18.2 Å². The van der Waals surface area contributed by atoms with Crippen molar-refractivity contribution in [2.75, 3.05) is 6.54 Å². The number of rotatable bonds is 0. The first-order valence-corrected chi connectivity index (χ1v) is 5.70. The van der Waals surface area contributed by atoms with Gasteiger partial charge in [0.25, 0.3) is 0 Å². The average molecular weight is 201 g/mol. The van der Waals surface area contributed by atoms with E-state index in [1.807, 2.05) is 0 Å². The number of piperidine rings is 1. The van der Waals surface area contributed by atoms with Crippen molar-refractivity contribution in [2.24, 2.45) is 0 Å². The summed E-state index contributed by atoms with van der Waals surface area (Å²) in [6.45, 7) is 2.07. The number of nitrogens with zero attached hydrogens (tertiary/aromatic N) is 3. The van der Waals surface area contributed by atoms with Crippen molar-refractivity contribution >= 4 is 0 Å². The summed E-state index contributed by atoms with van der Waals surface area (Å²) in [5.74, 6) is 0. The fourth-order valence-corrected chi connectivity index (χ4v) is 2.98. The third-order valence-corrected chi connectivity index (χ3v) is 3.71. The predicted octanol–water partition coefficient (Wildman–Crippen LogP) is 1.92. The number of fused-ring (bicyclic) bond motifs is 3. The number of hydrogen-bond acceptors (Lipinski definition) is 2. The molecule has 0 aliphatic carbocycles. The van der Waals surface area contributed by atoms with E-state index in [9.17, 15) is 0 Å². The highest BCUT2D eigenvalue weighted by molar-refractivity contribution is 5.17. The minimum atomic E-state index is 0.146. The minimum Gasteiger partial charge on any atom is -0.349 e. The molecule has 3 rings (SSSR count). The van der Waals surface area contributed by atoms with Crippen molar-refractivity contribution in [3.8, 4) is 6.07 Å². The van der Waals surface area contributed by atoms with Gasteiger partial charge in [0.1, 0.15) is 0 Å². The molecule has 3 nitrogen and oxygen atoms in total. The summed E-state index contributed by atoms with van der Waals surface area (Å²) in [5, 5.41) is 9.13. The summed E-state index contributed by atoms with van der Waals surface area (Å²) in [6.07, 6.45) is 5.60. The minimum absolute atomic E-state index is 0.146. The Morgan fingerprint density at radius 1 is 1.33 bits per heavy atom. The van der Waals surface area contributed by atoms with Gasteiger partial charge >= 0.3 is 0 Å². The molecule has 0 amide bonds. The highest BCUT2D eigenvalue weighted by atomic mass is 15.3. The van der Waals surface area contributed by atoms with Crippen molar-refractivity contribution in [2.45, 2.75) is 37.9 Å². The molecule has 0 radical (unpaired) electrons. The molecule has 2 aliphatic heterocycles. The number of aromatic nitrogens is 1. The first-order valence-electron chi connectivity index (χ1n) is 5.70.